The maximum Gasteiger partial charge on any atom is 0.323 e. The van der Waals surface area contributed by atoms with E-state index in [0.29, 0.717) is 22.7 Å². The van der Waals surface area contributed by atoms with Gasteiger partial charge in [-0.3, -0.25) is 19.2 Å². The molecule has 0 bridgehead atoms. The molecule has 0 unspecified atom stereocenters. The third-order valence-electron chi connectivity index (χ3n) is 6.12. The Morgan fingerprint density at radius 2 is 1.63 bits per heavy atom. The van der Waals surface area contributed by atoms with Crippen molar-refractivity contribution in [3.8, 4) is 5.75 Å². The van der Waals surface area contributed by atoms with Gasteiger partial charge in [-0.25, -0.2) is 4.79 Å². The zero-order valence-electron chi connectivity index (χ0n) is 23.9. The van der Waals surface area contributed by atoms with E-state index in [2.05, 4.69) is 10.6 Å². The van der Waals surface area contributed by atoms with Crippen molar-refractivity contribution >= 4 is 41.2 Å². The van der Waals surface area contributed by atoms with Crippen molar-refractivity contribution in [3.05, 3.63) is 53.6 Å². The Kier molecular flexibility index (Phi) is 13.1. The van der Waals surface area contributed by atoms with Gasteiger partial charge in [0.15, 0.2) is 0 Å². The fourth-order valence-corrected chi connectivity index (χ4v) is 3.88. The van der Waals surface area contributed by atoms with Gasteiger partial charge in [0.2, 0.25) is 11.8 Å². The molecule has 222 valence electrons. The minimum atomic E-state index is -0.987. The van der Waals surface area contributed by atoms with Crippen LogP contribution in [0.15, 0.2) is 42.5 Å². The maximum atomic E-state index is 12.9. The van der Waals surface area contributed by atoms with Crippen LogP contribution in [0.1, 0.15) is 37.3 Å². The topological polar surface area (TPSA) is 155 Å². The molecule has 41 heavy (non-hydrogen) atoms. The van der Waals surface area contributed by atoms with Crippen molar-refractivity contribution in [2.24, 2.45) is 0 Å². The lowest BCUT2D eigenvalue weighted by atomic mass is 10.1. The predicted octanol–water partition coefficient (Wildman–Crippen LogP) is 3.30. The van der Waals surface area contributed by atoms with E-state index in [0.717, 1.165) is 5.56 Å². The van der Waals surface area contributed by atoms with Crippen LogP contribution in [-0.4, -0.2) is 85.1 Å². The van der Waals surface area contributed by atoms with Gasteiger partial charge >= 0.3 is 18.0 Å². The number of carbonyl (C=O) groups is 5. The summed E-state index contributed by atoms with van der Waals surface area (Å²) < 4.78 is 10.3. The van der Waals surface area contributed by atoms with Gasteiger partial charge < -0.3 is 35.0 Å². The molecule has 0 spiro atoms. The van der Waals surface area contributed by atoms with E-state index in [-0.39, 0.29) is 57.8 Å². The van der Waals surface area contributed by atoms with Crippen LogP contribution >= 0.6 is 0 Å². The van der Waals surface area contributed by atoms with Gasteiger partial charge in [-0.05, 0) is 49.6 Å². The molecular formula is C29H38N4O8. The number of benzene rings is 2. The molecule has 2 aromatic rings. The van der Waals surface area contributed by atoms with Crippen LogP contribution in [-0.2, 0) is 30.3 Å². The SMILES string of the molecule is CCOC(=O)CCN(CCCC(=O)O)C(=O)CN(C)C(=O)Cc1ccc(NC(=O)Nc2ccccc2C)c(OC)c1. The first-order valence-corrected chi connectivity index (χ1v) is 13.2. The summed E-state index contributed by atoms with van der Waals surface area (Å²) in [4.78, 5) is 63.6. The normalized spacial score (nSPS) is 10.3. The van der Waals surface area contributed by atoms with Gasteiger partial charge in [-0.15, -0.1) is 0 Å². The highest BCUT2D eigenvalue weighted by molar-refractivity contribution is 6.01. The van der Waals surface area contributed by atoms with Crippen LogP contribution in [0.4, 0.5) is 16.2 Å². The summed E-state index contributed by atoms with van der Waals surface area (Å²) >= 11 is 0. The molecule has 0 atom stereocenters. The van der Waals surface area contributed by atoms with E-state index in [1.165, 1.54) is 24.0 Å². The third-order valence-corrected chi connectivity index (χ3v) is 6.12. The van der Waals surface area contributed by atoms with Gasteiger partial charge in [-0.1, -0.05) is 24.3 Å². The summed E-state index contributed by atoms with van der Waals surface area (Å²) in [6.45, 7) is 3.72. The van der Waals surface area contributed by atoms with Gasteiger partial charge in [0, 0.05) is 32.2 Å². The smallest absolute Gasteiger partial charge is 0.323 e. The zero-order chi connectivity index (χ0) is 30.4. The summed E-state index contributed by atoms with van der Waals surface area (Å²) in [5, 5.41) is 14.4. The number of carboxylic acid groups (broad SMARTS) is 1. The third kappa shape index (κ3) is 11.2. The Labute approximate surface area is 239 Å². The maximum absolute atomic E-state index is 12.9. The molecule has 3 N–H and O–H groups in total. The van der Waals surface area contributed by atoms with E-state index in [1.807, 2.05) is 25.1 Å². The number of esters is 1. The lowest BCUT2D eigenvalue weighted by Crippen LogP contribution is -2.43. The van der Waals surface area contributed by atoms with Crippen molar-refractivity contribution in [1.82, 2.24) is 9.80 Å². The fraction of sp³-hybridized carbons (Fsp3) is 0.414. The quantitative estimate of drug-likeness (QED) is 0.276. The van der Waals surface area contributed by atoms with Crippen molar-refractivity contribution in [2.75, 3.05) is 51.0 Å². The van der Waals surface area contributed by atoms with Crippen molar-refractivity contribution in [2.45, 2.75) is 39.5 Å². The Morgan fingerprint density at radius 3 is 2.29 bits per heavy atom. The Hall–Kier alpha value is -4.61. The number of urea groups is 1. The van der Waals surface area contributed by atoms with Gasteiger partial charge in [0.05, 0.1) is 38.8 Å². The van der Waals surface area contributed by atoms with Crippen LogP contribution < -0.4 is 15.4 Å². The van der Waals surface area contributed by atoms with E-state index in [1.54, 1.807) is 31.2 Å². The minimum absolute atomic E-state index is 0.0301. The molecule has 0 aromatic heterocycles. The molecule has 0 aliphatic carbocycles. The van der Waals surface area contributed by atoms with Crippen LogP contribution in [0.25, 0.3) is 0 Å². The Balaban J connectivity index is 1.99. The largest absolute Gasteiger partial charge is 0.495 e. The van der Waals surface area contributed by atoms with Crippen LogP contribution in [0.2, 0.25) is 0 Å². The Bertz CT molecular complexity index is 1230. The van der Waals surface area contributed by atoms with Crippen molar-refractivity contribution in [1.29, 1.82) is 0 Å². The van der Waals surface area contributed by atoms with Gasteiger partial charge in [0.25, 0.3) is 0 Å². The van der Waals surface area contributed by atoms with Crippen LogP contribution in [0.5, 0.6) is 5.75 Å². The number of carbonyl (C=O) groups excluding carboxylic acids is 4. The number of aliphatic carboxylic acids is 1. The lowest BCUT2D eigenvalue weighted by molar-refractivity contribution is -0.145. The van der Waals surface area contributed by atoms with Gasteiger partial charge in [0.1, 0.15) is 5.75 Å². The first-order valence-electron chi connectivity index (χ1n) is 13.2. The predicted molar refractivity (Wildman–Crippen MR) is 153 cm³/mol. The lowest BCUT2D eigenvalue weighted by Gasteiger charge is -2.25. The number of amides is 4. The second-order valence-electron chi connectivity index (χ2n) is 9.29. The Morgan fingerprint density at radius 1 is 0.927 bits per heavy atom. The van der Waals surface area contributed by atoms with Crippen LogP contribution in [0.3, 0.4) is 0 Å². The van der Waals surface area contributed by atoms with E-state index < -0.39 is 23.9 Å². The molecule has 0 aliphatic heterocycles. The number of hydrogen-bond donors (Lipinski definition) is 3. The molecule has 0 aliphatic rings. The van der Waals surface area contributed by atoms with E-state index in [4.69, 9.17) is 14.6 Å². The molecular weight excluding hydrogens is 532 g/mol. The van der Waals surface area contributed by atoms with E-state index >= 15 is 0 Å². The first kappa shape index (κ1) is 32.6. The molecule has 2 rings (SSSR count). The first-order chi connectivity index (χ1) is 19.5. The standard InChI is InChI=1S/C29H38N4O8/c1-5-41-28(38)14-16-33(15-8-11-27(36)37)26(35)19-32(3)25(34)18-21-12-13-23(24(17-21)40-4)31-29(39)30-22-10-7-6-9-20(22)2/h6-7,9-10,12-13,17H,5,8,11,14-16,18-19H2,1-4H3,(H,36,37)(H2,30,31,39). The van der Waals surface area contributed by atoms with Gasteiger partial charge in [-0.2, -0.15) is 0 Å². The van der Waals surface area contributed by atoms with Crippen molar-refractivity contribution in [3.63, 3.8) is 0 Å². The molecule has 2 aromatic carbocycles. The second kappa shape index (κ2) is 16.5. The molecule has 0 fully saturated rings. The molecule has 12 nitrogen and oxygen atoms in total. The number of nitrogens with zero attached hydrogens (tertiary/aromatic N) is 2. The fourth-order valence-electron chi connectivity index (χ4n) is 3.88. The van der Waals surface area contributed by atoms with E-state index in [9.17, 15) is 24.0 Å². The monoisotopic (exact) mass is 570 g/mol. The number of nitrogens with one attached hydrogen (secondary N) is 2. The average molecular weight is 571 g/mol. The molecule has 0 saturated heterocycles. The summed E-state index contributed by atoms with van der Waals surface area (Å²) in [7, 11) is 2.94. The molecule has 0 heterocycles. The minimum Gasteiger partial charge on any atom is -0.495 e. The second-order valence-corrected chi connectivity index (χ2v) is 9.29. The molecule has 0 saturated carbocycles. The number of rotatable bonds is 15. The highest BCUT2D eigenvalue weighted by Gasteiger charge is 2.21. The summed E-state index contributed by atoms with van der Waals surface area (Å²) in [6.07, 6.45) is 0.0219. The highest BCUT2D eigenvalue weighted by Crippen LogP contribution is 2.26. The summed E-state index contributed by atoms with van der Waals surface area (Å²) in [6, 6.07) is 11.9. The number of hydrogen-bond acceptors (Lipinski definition) is 7. The number of para-hydroxylation sites is 1. The zero-order valence-corrected chi connectivity index (χ0v) is 23.9. The number of carboxylic acids is 1. The molecule has 12 heteroatoms. The molecule has 0 radical (unpaired) electrons. The number of anilines is 2. The average Bonchev–Trinajstić information content (AvgIpc) is 2.92. The van der Waals surface area contributed by atoms with Crippen molar-refractivity contribution < 1.29 is 38.6 Å². The highest BCUT2D eigenvalue weighted by atomic mass is 16.5. The number of likely N-dealkylation sites (N-methyl/N-ethyl adjacent to an activating group) is 1. The molecule has 4 amide bonds. The number of aryl methyl sites for hydroxylation is 1. The summed E-state index contributed by atoms with van der Waals surface area (Å²) in [5.41, 5.74) is 2.60. The summed E-state index contributed by atoms with van der Waals surface area (Å²) in [5.74, 6) is -1.84. The van der Waals surface area contributed by atoms with Crippen LogP contribution in [0, 0.1) is 6.92 Å². The number of methoxy groups -OCH3 is 1. The number of ether oxygens (including phenoxy) is 2.